The van der Waals surface area contributed by atoms with Gasteiger partial charge in [-0.2, -0.15) is 33.2 Å². The van der Waals surface area contributed by atoms with Gasteiger partial charge in [-0.15, -0.1) is 0 Å². The summed E-state index contributed by atoms with van der Waals surface area (Å²) in [5, 5.41) is 0. The topological polar surface area (TPSA) is 0 Å². The summed E-state index contributed by atoms with van der Waals surface area (Å²) in [6.07, 6.45) is 0. The van der Waals surface area contributed by atoms with Gasteiger partial charge in [-0.25, -0.2) is 0 Å². The van der Waals surface area contributed by atoms with E-state index >= 15 is 0 Å². The maximum absolute atomic E-state index is 5.67. The Morgan fingerprint density at radius 1 is 1.11 bits per heavy atom. The van der Waals surface area contributed by atoms with Crippen molar-refractivity contribution >= 4 is 48.0 Å². The summed E-state index contributed by atoms with van der Waals surface area (Å²) in [6.45, 7) is 8.11. The summed E-state index contributed by atoms with van der Waals surface area (Å²) in [5.74, 6) is 0. The normalized spacial score (nSPS) is 10.7. The highest BCUT2D eigenvalue weighted by Crippen LogP contribution is 2.03. The fourth-order valence-corrected chi connectivity index (χ4v) is 0. The molecule has 0 bridgehead atoms. The molecule has 0 nitrogen and oxygen atoms in total. The molecule has 0 heterocycles. The Morgan fingerprint density at radius 2 is 1.11 bits per heavy atom. The Balaban J connectivity index is 0. The molecule has 0 aliphatic heterocycles. The van der Waals surface area contributed by atoms with E-state index in [0.717, 1.165) is 0 Å². The van der Waals surface area contributed by atoms with E-state index in [1.165, 1.54) is 0 Å². The van der Waals surface area contributed by atoms with Crippen molar-refractivity contribution in [3.63, 3.8) is 0 Å². The summed E-state index contributed by atoms with van der Waals surface area (Å²) >= 11 is 16.0. The van der Waals surface area contributed by atoms with Gasteiger partial charge in [0.05, 0.1) is 0 Å². The quantitative estimate of drug-likeness (QED) is 0.436. The van der Waals surface area contributed by atoms with Crippen LogP contribution in [0.1, 0.15) is 0 Å². The zero-order chi connectivity index (χ0) is 8.08. The van der Waals surface area contributed by atoms with E-state index in [1.54, 1.807) is 0 Å². The molecule has 58 valence electrons. The summed E-state index contributed by atoms with van der Waals surface area (Å²) in [6, 6.07) is 0. The van der Waals surface area contributed by atoms with Crippen LogP contribution in [0.5, 0.6) is 0 Å². The molecule has 0 rings (SSSR count). The van der Waals surface area contributed by atoms with Crippen molar-refractivity contribution < 1.29 is 0 Å². The van der Waals surface area contributed by atoms with Crippen molar-refractivity contribution in [2.75, 3.05) is 0 Å². The van der Waals surface area contributed by atoms with Crippen LogP contribution in [0.25, 0.3) is 0 Å². The molecule has 0 aromatic heterocycles. The van der Waals surface area contributed by atoms with Crippen LogP contribution in [0.3, 0.4) is 0 Å². The molecule has 9 heavy (non-hydrogen) atoms. The molecule has 0 saturated heterocycles. The zero-order valence-electron chi connectivity index (χ0n) is 6.21. The van der Waals surface area contributed by atoms with Gasteiger partial charge in [0.25, 0.3) is 0 Å². The molecule has 0 spiro atoms. The summed E-state index contributed by atoms with van der Waals surface area (Å²) in [4.78, 5) is 0. The molecule has 0 unspecified atom stereocenters. The molecular weight excluding hydrogens is 211 g/mol. The first kappa shape index (κ1) is 12.9. The van der Waals surface area contributed by atoms with Crippen molar-refractivity contribution in [1.82, 2.24) is 0 Å². The lowest BCUT2D eigenvalue weighted by Crippen LogP contribution is -2.06. The van der Waals surface area contributed by atoms with Crippen molar-refractivity contribution in [1.29, 1.82) is 0 Å². The smallest absolute Gasteiger partial charge is 0.168 e. The van der Waals surface area contributed by atoms with Crippen LogP contribution in [0, 0.1) is 0 Å². The van der Waals surface area contributed by atoms with Crippen LogP contribution >= 0.6 is 33.2 Å². The molecular formula is C4H13Cl3Si2. The highest BCUT2D eigenvalue weighted by molar-refractivity contribution is 7.33. The monoisotopic (exact) mass is 222 g/mol. The second-order valence-corrected chi connectivity index (χ2v) is 15.8. The first-order valence-electron chi connectivity index (χ1n) is 2.70. The third-order valence-electron chi connectivity index (χ3n) is 0. The SMILES string of the molecule is C[SiH](Cl)Cl.C[Si](C)(C)Cl. The Morgan fingerprint density at radius 3 is 1.11 bits per heavy atom. The Kier molecular flexibility index (Phi) is 8.68. The lowest BCUT2D eigenvalue weighted by molar-refractivity contribution is 1.87. The van der Waals surface area contributed by atoms with E-state index in [-0.39, 0.29) is 0 Å². The van der Waals surface area contributed by atoms with Crippen LogP contribution in [0.2, 0.25) is 26.2 Å². The Bertz CT molecular complexity index is 50.6. The van der Waals surface area contributed by atoms with Gasteiger partial charge in [-0.3, -0.25) is 0 Å². The standard InChI is InChI=1S/C3H9ClSi.CH4Cl2Si/c1-5(2,3)4;1-4(2)3/h1-3H3;4H,1H3. The fourth-order valence-electron chi connectivity index (χ4n) is 0. The van der Waals surface area contributed by atoms with Crippen molar-refractivity contribution in [3.05, 3.63) is 0 Å². The third-order valence-corrected chi connectivity index (χ3v) is 0. The van der Waals surface area contributed by atoms with Crippen LogP contribution < -0.4 is 0 Å². The number of halogens is 3. The molecule has 0 aromatic carbocycles. The second kappa shape index (κ2) is 6.04. The third kappa shape index (κ3) is 292. The molecule has 0 aromatic rings. The van der Waals surface area contributed by atoms with Crippen LogP contribution in [0.15, 0.2) is 0 Å². The minimum absolute atomic E-state index is 1.14. The van der Waals surface area contributed by atoms with Gasteiger partial charge in [0.1, 0.15) is 7.38 Å². The minimum Gasteiger partial charge on any atom is -0.168 e. The van der Waals surface area contributed by atoms with Gasteiger partial charge in [0.2, 0.25) is 7.42 Å². The van der Waals surface area contributed by atoms with Gasteiger partial charge in [0, 0.05) is 0 Å². The van der Waals surface area contributed by atoms with Crippen LogP contribution in [-0.2, 0) is 0 Å². The van der Waals surface area contributed by atoms with E-state index in [4.69, 9.17) is 33.2 Å². The van der Waals surface area contributed by atoms with Gasteiger partial charge in [-0.1, -0.05) is 19.6 Å². The number of hydrogen-bond acceptors (Lipinski definition) is 0. The fraction of sp³-hybridized carbons (Fsp3) is 1.00. The van der Waals surface area contributed by atoms with Crippen LogP contribution in [0.4, 0.5) is 0 Å². The van der Waals surface area contributed by atoms with E-state index in [2.05, 4.69) is 19.6 Å². The maximum atomic E-state index is 5.67. The first-order chi connectivity index (χ1) is 3.73. The molecule has 0 atom stereocenters. The van der Waals surface area contributed by atoms with E-state index in [0.29, 0.717) is 0 Å². The first-order valence-corrected chi connectivity index (χ1v) is 11.9. The average molecular weight is 224 g/mol. The highest BCUT2D eigenvalue weighted by atomic mass is 35.7. The molecule has 0 fully saturated rings. The van der Waals surface area contributed by atoms with Crippen LogP contribution in [-0.4, -0.2) is 14.8 Å². The second-order valence-electron chi connectivity index (χ2n) is 2.59. The lowest BCUT2D eigenvalue weighted by Gasteiger charge is -1.97. The summed E-state index contributed by atoms with van der Waals surface area (Å²) < 4.78 is 0. The average Bonchev–Trinajstić information content (AvgIpc) is 1.19. The van der Waals surface area contributed by atoms with E-state index in [1.807, 2.05) is 6.55 Å². The van der Waals surface area contributed by atoms with Gasteiger partial charge in [0.15, 0.2) is 0 Å². The van der Waals surface area contributed by atoms with Crippen molar-refractivity contribution in [3.8, 4) is 0 Å². The molecule has 0 saturated carbocycles. The molecule has 5 heteroatoms. The molecule has 0 N–H and O–H groups in total. The van der Waals surface area contributed by atoms with Gasteiger partial charge >= 0.3 is 0 Å². The molecule has 0 amide bonds. The van der Waals surface area contributed by atoms with Gasteiger partial charge in [-0.05, 0) is 6.55 Å². The predicted molar refractivity (Wildman–Crippen MR) is 53.9 cm³/mol. The molecule has 0 radical (unpaired) electrons. The predicted octanol–water partition coefficient (Wildman–Crippen LogP) is 3.37. The molecule has 0 aliphatic carbocycles. The summed E-state index contributed by atoms with van der Waals surface area (Å²) in [7, 11) is -2.33. The Hall–Kier alpha value is 1.30. The number of hydrogen-bond donors (Lipinski definition) is 0. The van der Waals surface area contributed by atoms with Gasteiger partial charge < -0.3 is 0 Å². The Labute approximate surface area is 74.2 Å². The van der Waals surface area contributed by atoms with E-state index in [9.17, 15) is 0 Å². The molecule has 0 aliphatic rings. The lowest BCUT2D eigenvalue weighted by atomic mass is 11.8. The minimum atomic E-state index is -1.19. The largest absolute Gasteiger partial charge is 0.234 e. The van der Waals surface area contributed by atoms with E-state index < -0.39 is 14.8 Å². The van der Waals surface area contributed by atoms with Crippen molar-refractivity contribution in [2.45, 2.75) is 26.2 Å². The highest BCUT2D eigenvalue weighted by Gasteiger charge is 2.04. The zero-order valence-corrected chi connectivity index (χ0v) is 10.6. The summed E-state index contributed by atoms with van der Waals surface area (Å²) in [5.41, 5.74) is 0. The maximum Gasteiger partial charge on any atom is 0.234 e. The van der Waals surface area contributed by atoms with Crippen molar-refractivity contribution in [2.24, 2.45) is 0 Å². The number of rotatable bonds is 0.